The summed E-state index contributed by atoms with van der Waals surface area (Å²) in [4.78, 5) is 0. The number of nitrogens with zero attached hydrogens (tertiary/aromatic N) is 2. The van der Waals surface area contributed by atoms with Gasteiger partial charge in [0.25, 0.3) is 0 Å². The molecule has 0 spiro atoms. The molecule has 0 aliphatic rings. The van der Waals surface area contributed by atoms with Crippen LogP contribution in [-0.2, 0) is 25.4 Å². The van der Waals surface area contributed by atoms with Crippen molar-refractivity contribution in [3.05, 3.63) is 113 Å². The summed E-state index contributed by atoms with van der Waals surface area (Å²) in [6, 6.07) is 21.5. The second-order valence-electron chi connectivity index (χ2n) is 9.77. The zero-order chi connectivity index (χ0) is 29.0. The van der Waals surface area contributed by atoms with Crippen molar-refractivity contribution in [1.82, 2.24) is 15.1 Å². The maximum Gasteiger partial charge on any atom is 0.573 e. The Morgan fingerprint density at radius 1 is 0.825 bits per heavy atom. The molecule has 0 saturated carbocycles. The van der Waals surface area contributed by atoms with Crippen molar-refractivity contribution < 1.29 is 31.4 Å². The Labute approximate surface area is 229 Å². The number of rotatable bonds is 11. The van der Waals surface area contributed by atoms with Gasteiger partial charge in [0.1, 0.15) is 11.5 Å². The van der Waals surface area contributed by atoms with E-state index in [9.17, 15) is 22.0 Å². The highest BCUT2D eigenvalue weighted by Gasteiger charge is 2.37. The molecule has 1 heterocycles. The van der Waals surface area contributed by atoms with Gasteiger partial charge < -0.3 is 14.8 Å². The first-order valence-corrected chi connectivity index (χ1v) is 12.6. The Morgan fingerprint density at radius 3 is 1.95 bits per heavy atom. The van der Waals surface area contributed by atoms with E-state index in [0.717, 1.165) is 16.8 Å². The second kappa shape index (κ2) is 11.7. The molecule has 0 aliphatic carbocycles. The van der Waals surface area contributed by atoms with Crippen molar-refractivity contribution >= 4 is 0 Å². The van der Waals surface area contributed by atoms with Gasteiger partial charge in [0.05, 0.1) is 5.69 Å². The van der Waals surface area contributed by atoms with Crippen LogP contribution in [0.15, 0.2) is 85.1 Å². The molecule has 40 heavy (non-hydrogen) atoms. The van der Waals surface area contributed by atoms with E-state index in [1.165, 1.54) is 30.3 Å². The van der Waals surface area contributed by atoms with Crippen LogP contribution < -0.4 is 14.8 Å². The van der Waals surface area contributed by atoms with Gasteiger partial charge in [-0.15, -0.1) is 13.2 Å². The van der Waals surface area contributed by atoms with E-state index in [-0.39, 0.29) is 18.0 Å². The van der Waals surface area contributed by atoms with Crippen LogP contribution in [0.25, 0.3) is 0 Å². The predicted octanol–water partition coefficient (Wildman–Crippen LogP) is 6.94. The molecule has 0 radical (unpaired) electrons. The standard InChI is InChI=1S/C30H30F5N3O2/c1-21-23(19-38(3)37-21)18-36-20-29(17-22-9-5-4-6-10-22,24-11-7-13-26(15-24)39-28(2,31)32)25-12-8-14-27(16-25)40-30(33,34)35/h4-16,19,36H,17-18,20H2,1-3H3. The quantitative estimate of drug-likeness (QED) is 0.202. The first-order valence-electron chi connectivity index (χ1n) is 12.6. The van der Waals surface area contributed by atoms with Crippen molar-refractivity contribution in [2.45, 2.75) is 44.7 Å². The van der Waals surface area contributed by atoms with Gasteiger partial charge in [0.15, 0.2) is 0 Å². The number of aromatic nitrogens is 2. The van der Waals surface area contributed by atoms with E-state index in [1.807, 2.05) is 50.5 Å². The fourth-order valence-corrected chi connectivity index (χ4v) is 4.87. The summed E-state index contributed by atoms with van der Waals surface area (Å²) < 4.78 is 77.8. The van der Waals surface area contributed by atoms with E-state index < -0.39 is 17.9 Å². The van der Waals surface area contributed by atoms with Crippen molar-refractivity contribution in [3.8, 4) is 11.5 Å². The number of ether oxygens (including phenoxy) is 2. The lowest BCUT2D eigenvalue weighted by molar-refractivity contribution is -0.274. The van der Waals surface area contributed by atoms with Gasteiger partial charge in [-0.05, 0) is 54.3 Å². The van der Waals surface area contributed by atoms with Crippen LogP contribution in [0.5, 0.6) is 11.5 Å². The molecule has 0 aliphatic heterocycles. The molecule has 0 fully saturated rings. The largest absolute Gasteiger partial charge is 0.573 e. The topological polar surface area (TPSA) is 48.3 Å². The summed E-state index contributed by atoms with van der Waals surface area (Å²) in [5.41, 5.74) is 2.77. The predicted molar refractivity (Wildman–Crippen MR) is 141 cm³/mol. The molecule has 1 atom stereocenters. The molecule has 212 valence electrons. The molecule has 4 rings (SSSR count). The minimum Gasteiger partial charge on any atom is -0.433 e. The summed E-state index contributed by atoms with van der Waals surface area (Å²) in [6.45, 7) is 3.21. The Hall–Kier alpha value is -3.92. The lowest BCUT2D eigenvalue weighted by Gasteiger charge is -2.36. The number of hydrogen-bond acceptors (Lipinski definition) is 4. The Balaban J connectivity index is 1.85. The third-order valence-electron chi connectivity index (χ3n) is 6.51. The highest BCUT2D eigenvalue weighted by Crippen LogP contribution is 2.39. The third-order valence-corrected chi connectivity index (χ3v) is 6.51. The minimum atomic E-state index is -4.88. The average molecular weight is 560 g/mol. The summed E-state index contributed by atoms with van der Waals surface area (Å²) in [5.74, 6) is -0.439. The summed E-state index contributed by atoms with van der Waals surface area (Å²) >= 11 is 0. The Bertz CT molecular complexity index is 1360. The van der Waals surface area contributed by atoms with Gasteiger partial charge >= 0.3 is 12.5 Å². The third kappa shape index (κ3) is 7.59. The SMILES string of the molecule is Cc1nn(C)cc1CNCC(Cc1ccccc1)(c1cccc(OC(C)(F)F)c1)c1cccc(OC(F)(F)F)c1. The number of benzene rings is 3. The molecule has 3 aromatic carbocycles. The first kappa shape index (κ1) is 29.1. The number of halogens is 5. The number of hydrogen-bond donors (Lipinski definition) is 1. The molecule has 4 aromatic rings. The van der Waals surface area contributed by atoms with Crippen LogP contribution in [0.4, 0.5) is 22.0 Å². The van der Waals surface area contributed by atoms with Crippen LogP contribution in [0.1, 0.15) is 34.9 Å². The molecule has 0 amide bonds. The van der Waals surface area contributed by atoms with Crippen LogP contribution in [0.2, 0.25) is 0 Å². The molecular weight excluding hydrogens is 529 g/mol. The molecule has 10 heteroatoms. The number of aryl methyl sites for hydroxylation is 2. The second-order valence-corrected chi connectivity index (χ2v) is 9.77. The van der Waals surface area contributed by atoms with Crippen LogP contribution in [0.3, 0.4) is 0 Å². The molecular formula is C30H30F5N3O2. The Morgan fingerprint density at radius 2 is 1.43 bits per heavy atom. The van der Waals surface area contributed by atoms with Crippen LogP contribution >= 0.6 is 0 Å². The van der Waals surface area contributed by atoms with Crippen molar-refractivity contribution in [1.29, 1.82) is 0 Å². The summed E-state index contributed by atoms with van der Waals surface area (Å²) in [5, 5.41) is 7.81. The molecule has 1 aromatic heterocycles. The lowest BCUT2D eigenvalue weighted by Crippen LogP contribution is -2.41. The van der Waals surface area contributed by atoms with Gasteiger partial charge in [0, 0.05) is 44.2 Å². The van der Waals surface area contributed by atoms with E-state index in [4.69, 9.17) is 4.74 Å². The van der Waals surface area contributed by atoms with E-state index in [0.29, 0.717) is 31.0 Å². The van der Waals surface area contributed by atoms with Crippen LogP contribution in [0, 0.1) is 6.92 Å². The molecule has 1 N–H and O–H groups in total. The zero-order valence-corrected chi connectivity index (χ0v) is 22.3. The van der Waals surface area contributed by atoms with Gasteiger partial charge in [-0.2, -0.15) is 13.9 Å². The van der Waals surface area contributed by atoms with Gasteiger partial charge in [-0.3, -0.25) is 4.68 Å². The monoisotopic (exact) mass is 559 g/mol. The van der Waals surface area contributed by atoms with Gasteiger partial charge in [0.2, 0.25) is 0 Å². The normalized spacial score (nSPS) is 13.6. The highest BCUT2D eigenvalue weighted by atomic mass is 19.4. The number of nitrogens with one attached hydrogen (secondary N) is 1. The molecule has 0 saturated heterocycles. The molecule has 0 bridgehead atoms. The fraction of sp³-hybridized carbons (Fsp3) is 0.300. The number of alkyl halides is 5. The zero-order valence-electron chi connectivity index (χ0n) is 22.3. The van der Waals surface area contributed by atoms with Gasteiger partial charge in [-0.1, -0.05) is 54.6 Å². The smallest absolute Gasteiger partial charge is 0.433 e. The fourth-order valence-electron chi connectivity index (χ4n) is 4.87. The van der Waals surface area contributed by atoms with Gasteiger partial charge in [-0.25, -0.2) is 0 Å². The summed E-state index contributed by atoms with van der Waals surface area (Å²) in [7, 11) is 1.82. The molecule has 1 unspecified atom stereocenters. The average Bonchev–Trinajstić information content (AvgIpc) is 3.18. The maximum absolute atomic E-state index is 13.8. The lowest BCUT2D eigenvalue weighted by atomic mass is 9.70. The van der Waals surface area contributed by atoms with E-state index in [2.05, 4.69) is 15.2 Å². The van der Waals surface area contributed by atoms with Crippen molar-refractivity contribution in [2.75, 3.05) is 6.54 Å². The highest BCUT2D eigenvalue weighted by molar-refractivity contribution is 5.47. The maximum atomic E-state index is 13.8. The van der Waals surface area contributed by atoms with E-state index >= 15 is 0 Å². The summed E-state index contributed by atoms with van der Waals surface area (Å²) in [6.07, 6.45) is -6.07. The minimum absolute atomic E-state index is 0.0618. The van der Waals surface area contributed by atoms with E-state index in [1.54, 1.807) is 22.9 Å². The van der Waals surface area contributed by atoms with Crippen molar-refractivity contribution in [2.24, 2.45) is 7.05 Å². The first-order chi connectivity index (χ1) is 18.8. The van der Waals surface area contributed by atoms with Crippen molar-refractivity contribution in [3.63, 3.8) is 0 Å². The van der Waals surface area contributed by atoms with Crippen LogP contribution in [-0.4, -0.2) is 28.8 Å². The molecule has 5 nitrogen and oxygen atoms in total. The Kier molecular flexibility index (Phi) is 8.48.